The molecule has 2 aromatic carbocycles. The van der Waals surface area contributed by atoms with Gasteiger partial charge in [0.05, 0.1) is 0 Å². The Hall–Kier alpha value is -3.22. The smallest absolute Gasteiger partial charge is 0.229 e. The first-order valence-electron chi connectivity index (χ1n) is 8.84. The first-order chi connectivity index (χ1) is 13.2. The Labute approximate surface area is 156 Å². The number of halogens is 2. The minimum atomic E-state index is -0.912. The van der Waals surface area contributed by atoms with Gasteiger partial charge in [0, 0.05) is 42.4 Å². The summed E-state index contributed by atoms with van der Waals surface area (Å²) in [7, 11) is 0. The fourth-order valence-corrected chi connectivity index (χ4v) is 3.07. The molecule has 5 nitrogen and oxygen atoms in total. The molecular weight excluding hydrogens is 348 g/mol. The number of nitrogens with zero attached hydrogens (tertiary/aromatic N) is 3. The van der Waals surface area contributed by atoms with Crippen molar-refractivity contribution < 1.29 is 8.78 Å². The molecule has 1 saturated heterocycles. The summed E-state index contributed by atoms with van der Waals surface area (Å²) in [5.41, 5.74) is 2.50. The Kier molecular flexibility index (Phi) is 4.82. The molecule has 3 aromatic rings. The second-order valence-corrected chi connectivity index (χ2v) is 6.39. The van der Waals surface area contributed by atoms with Crippen LogP contribution in [0.1, 0.15) is 12.8 Å². The average molecular weight is 367 g/mol. The average Bonchev–Trinajstić information content (AvgIpc) is 3.21. The topological polar surface area (TPSA) is 53.1 Å². The van der Waals surface area contributed by atoms with E-state index in [1.165, 1.54) is 24.6 Å². The van der Waals surface area contributed by atoms with E-state index in [1.807, 2.05) is 12.1 Å². The molecule has 0 aliphatic carbocycles. The Bertz CT molecular complexity index is 924. The lowest BCUT2D eigenvalue weighted by atomic mass is 10.2. The Morgan fingerprint density at radius 2 is 1.56 bits per heavy atom. The SMILES string of the molecule is Fc1ccc(Nc2ccnc(Nc3ccc(N4CCCC4)cc3)n2)cc1F. The van der Waals surface area contributed by atoms with Crippen molar-refractivity contribution in [1.82, 2.24) is 9.97 Å². The van der Waals surface area contributed by atoms with Crippen molar-refractivity contribution in [1.29, 1.82) is 0 Å². The highest BCUT2D eigenvalue weighted by atomic mass is 19.2. The maximum absolute atomic E-state index is 13.3. The van der Waals surface area contributed by atoms with Crippen LogP contribution >= 0.6 is 0 Å². The summed E-state index contributed by atoms with van der Waals surface area (Å²) in [5, 5.41) is 6.09. The van der Waals surface area contributed by atoms with E-state index in [0.29, 0.717) is 17.5 Å². The Morgan fingerprint density at radius 1 is 0.815 bits per heavy atom. The minimum Gasteiger partial charge on any atom is -0.372 e. The van der Waals surface area contributed by atoms with Gasteiger partial charge in [0.2, 0.25) is 5.95 Å². The number of hydrogen-bond donors (Lipinski definition) is 2. The number of rotatable bonds is 5. The number of aromatic nitrogens is 2. The highest BCUT2D eigenvalue weighted by Crippen LogP contribution is 2.24. The molecule has 0 amide bonds. The summed E-state index contributed by atoms with van der Waals surface area (Å²) in [6, 6.07) is 13.4. The monoisotopic (exact) mass is 367 g/mol. The lowest BCUT2D eigenvalue weighted by molar-refractivity contribution is 0.509. The zero-order valence-corrected chi connectivity index (χ0v) is 14.6. The van der Waals surface area contributed by atoms with Crippen molar-refractivity contribution in [3.05, 3.63) is 66.4 Å². The van der Waals surface area contributed by atoms with Crippen LogP contribution in [0.4, 0.5) is 37.6 Å². The van der Waals surface area contributed by atoms with E-state index in [0.717, 1.165) is 30.9 Å². The van der Waals surface area contributed by atoms with Crippen molar-refractivity contribution in [2.75, 3.05) is 28.6 Å². The van der Waals surface area contributed by atoms with Gasteiger partial charge in [0.25, 0.3) is 0 Å². The van der Waals surface area contributed by atoms with Gasteiger partial charge in [0.15, 0.2) is 11.6 Å². The highest BCUT2D eigenvalue weighted by molar-refractivity contribution is 5.62. The quantitative estimate of drug-likeness (QED) is 0.676. The molecule has 1 aliphatic heterocycles. The largest absolute Gasteiger partial charge is 0.372 e. The van der Waals surface area contributed by atoms with Gasteiger partial charge < -0.3 is 15.5 Å². The first-order valence-corrected chi connectivity index (χ1v) is 8.84. The molecular formula is C20H19F2N5. The molecule has 0 spiro atoms. The van der Waals surface area contributed by atoms with E-state index in [4.69, 9.17) is 0 Å². The third-order valence-corrected chi connectivity index (χ3v) is 4.44. The molecule has 0 saturated carbocycles. The molecule has 138 valence electrons. The summed E-state index contributed by atoms with van der Waals surface area (Å²) in [5.74, 6) is -0.905. The van der Waals surface area contributed by atoms with Crippen LogP contribution in [0.5, 0.6) is 0 Å². The molecule has 1 fully saturated rings. The molecule has 0 atom stereocenters. The number of nitrogens with one attached hydrogen (secondary N) is 2. The van der Waals surface area contributed by atoms with Gasteiger partial charge in [-0.05, 0) is 55.3 Å². The number of benzene rings is 2. The van der Waals surface area contributed by atoms with Crippen molar-refractivity contribution in [2.24, 2.45) is 0 Å². The van der Waals surface area contributed by atoms with Crippen LogP contribution < -0.4 is 15.5 Å². The van der Waals surface area contributed by atoms with E-state index >= 15 is 0 Å². The van der Waals surface area contributed by atoms with E-state index in [1.54, 1.807) is 12.3 Å². The molecule has 27 heavy (non-hydrogen) atoms. The fourth-order valence-electron chi connectivity index (χ4n) is 3.07. The summed E-state index contributed by atoms with van der Waals surface area (Å²) in [6.07, 6.45) is 4.08. The van der Waals surface area contributed by atoms with E-state index in [9.17, 15) is 8.78 Å². The number of anilines is 5. The molecule has 2 heterocycles. The third kappa shape index (κ3) is 4.13. The lowest BCUT2D eigenvalue weighted by Crippen LogP contribution is -2.17. The van der Waals surface area contributed by atoms with Crippen LogP contribution in [0.15, 0.2) is 54.7 Å². The summed E-state index contributed by atoms with van der Waals surface area (Å²) < 4.78 is 26.4. The van der Waals surface area contributed by atoms with Crippen LogP contribution in [0.2, 0.25) is 0 Å². The van der Waals surface area contributed by atoms with E-state index < -0.39 is 11.6 Å². The van der Waals surface area contributed by atoms with Gasteiger partial charge in [-0.3, -0.25) is 0 Å². The van der Waals surface area contributed by atoms with Gasteiger partial charge in [0.1, 0.15) is 5.82 Å². The molecule has 0 radical (unpaired) electrons. The maximum Gasteiger partial charge on any atom is 0.229 e. The lowest BCUT2D eigenvalue weighted by Gasteiger charge is -2.17. The highest BCUT2D eigenvalue weighted by Gasteiger charge is 2.12. The van der Waals surface area contributed by atoms with Gasteiger partial charge in [-0.25, -0.2) is 13.8 Å². The summed E-state index contributed by atoms with van der Waals surface area (Å²) in [4.78, 5) is 10.9. The van der Waals surface area contributed by atoms with Crippen molar-refractivity contribution in [3.8, 4) is 0 Å². The van der Waals surface area contributed by atoms with Gasteiger partial charge in [-0.1, -0.05) is 0 Å². The molecule has 1 aromatic heterocycles. The summed E-state index contributed by atoms with van der Waals surface area (Å²) >= 11 is 0. The van der Waals surface area contributed by atoms with Gasteiger partial charge >= 0.3 is 0 Å². The van der Waals surface area contributed by atoms with Crippen LogP contribution in [0.25, 0.3) is 0 Å². The maximum atomic E-state index is 13.3. The predicted molar refractivity (Wildman–Crippen MR) is 103 cm³/mol. The van der Waals surface area contributed by atoms with E-state index in [2.05, 4.69) is 37.6 Å². The number of hydrogen-bond acceptors (Lipinski definition) is 5. The van der Waals surface area contributed by atoms with Crippen molar-refractivity contribution in [3.63, 3.8) is 0 Å². The Balaban J connectivity index is 1.45. The van der Waals surface area contributed by atoms with Crippen LogP contribution in [0.3, 0.4) is 0 Å². The van der Waals surface area contributed by atoms with Gasteiger partial charge in [-0.2, -0.15) is 4.98 Å². The molecule has 4 rings (SSSR count). The van der Waals surface area contributed by atoms with Crippen LogP contribution in [-0.2, 0) is 0 Å². The second kappa shape index (κ2) is 7.57. The zero-order valence-electron chi connectivity index (χ0n) is 14.6. The first kappa shape index (κ1) is 17.2. The second-order valence-electron chi connectivity index (χ2n) is 6.39. The van der Waals surface area contributed by atoms with Crippen LogP contribution in [0, 0.1) is 11.6 Å². The minimum absolute atomic E-state index is 0.411. The van der Waals surface area contributed by atoms with Crippen molar-refractivity contribution in [2.45, 2.75) is 12.8 Å². The summed E-state index contributed by atoms with van der Waals surface area (Å²) in [6.45, 7) is 2.21. The molecule has 0 unspecified atom stereocenters. The predicted octanol–water partition coefficient (Wildman–Crippen LogP) is 4.84. The van der Waals surface area contributed by atoms with Crippen LogP contribution in [-0.4, -0.2) is 23.1 Å². The standard InChI is InChI=1S/C20H19F2N5/c21-17-8-5-15(13-18(17)22)24-19-9-10-23-20(26-19)25-14-3-6-16(7-4-14)27-11-1-2-12-27/h3-10,13H,1-2,11-12H2,(H2,23,24,25,26). The molecule has 1 aliphatic rings. The van der Waals surface area contributed by atoms with Crippen molar-refractivity contribution >= 4 is 28.8 Å². The van der Waals surface area contributed by atoms with E-state index in [-0.39, 0.29) is 0 Å². The normalized spacial score (nSPS) is 13.6. The zero-order chi connectivity index (χ0) is 18.6. The van der Waals surface area contributed by atoms with Gasteiger partial charge in [-0.15, -0.1) is 0 Å². The molecule has 2 N–H and O–H groups in total. The Morgan fingerprint density at radius 3 is 2.30 bits per heavy atom. The molecule has 0 bridgehead atoms. The fraction of sp³-hybridized carbons (Fsp3) is 0.200. The molecule has 7 heteroatoms. The third-order valence-electron chi connectivity index (χ3n) is 4.44.